The van der Waals surface area contributed by atoms with Crippen molar-refractivity contribution in [2.45, 2.75) is 69.6 Å². The SMILES string of the molecule is COC1(c2c(C)cnc3c2c(-c2ccc4c(cnn4C)c2)c(-c2cnn4c2CCC4)n3S(=O)(=O)c2ccccc2)CCN(C(=O)OC(C)(C)C)C1. The highest BCUT2D eigenvalue weighted by molar-refractivity contribution is 7.90. The van der Waals surface area contributed by atoms with E-state index in [1.54, 1.807) is 54.7 Å². The number of nitrogens with zero attached hydrogens (tertiary/aromatic N) is 7. The lowest BCUT2D eigenvalue weighted by atomic mass is 9.85. The lowest BCUT2D eigenvalue weighted by molar-refractivity contribution is -0.0125. The second-order valence-electron chi connectivity index (χ2n) is 14.5. The number of amides is 1. The first-order valence-corrected chi connectivity index (χ1v) is 18.6. The molecular weight excluding hydrogens is 667 g/mol. The van der Waals surface area contributed by atoms with Gasteiger partial charge < -0.3 is 14.4 Å². The van der Waals surface area contributed by atoms with Gasteiger partial charge in [0.25, 0.3) is 10.0 Å². The molecule has 264 valence electrons. The van der Waals surface area contributed by atoms with E-state index in [2.05, 4.69) is 11.2 Å². The zero-order valence-corrected chi connectivity index (χ0v) is 30.5. The zero-order valence-electron chi connectivity index (χ0n) is 29.7. The molecule has 1 unspecified atom stereocenters. The molecule has 12 nitrogen and oxygen atoms in total. The molecule has 1 saturated heterocycles. The molecule has 13 heteroatoms. The summed E-state index contributed by atoms with van der Waals surface area (Å²) >= 11 is 0. The predicted octanol–water partition coefficient (Wildman–Crippen LogP) is 6.43. The Hall–Kier alpha value is -5.01. The molecule has 2 aliphatic rings. The molecule has 0 saturated carbocycles. The number of likely N-dealkylation sites (tertiary alicyclic amines) is 1. The van der Waals surface area contributed by atoms with Crippen LogP contribution in [0.1, 0.15) is 50.4 Å². The van der Waals surface area contributed by atoms with Gasteiger partial charge in [0.2, 0.25) is 0 Å². The van der Waals surface area contributed by atoms with Gasteiger partial charge in [-0.1, -0.05) is 24.3 Å². The van der Waals surface area contributed by atoms with Crippen LogP contribution in [0.25, 0.3) is 44.3 Å². The maximum Gasteiger partial charge on any atom is 0.410 e. The lowest BCUT2D eigenvalue weighted by Crippen LogP contribution is -2.39. The van der Waals surface area contributed by atoms with Gasteiger partial charge in [-0.3, -0.25) is 9.36 Å². The van der Waals surface area contributed by atoms with Crippen molar-refractivity contribution >= 4 is 38.1 Å². The number of aryl methyl sites for hydroxylation is 3. The van der Waals surface area contributed by atoms with E-state index in [0.717, 1.165) is 58.2 Å². The molecule has 0 spiro atoms. The van der Waals surface area contributed by atoms with Crippen LogP contribution in [0.3, 0.4) is 0 Å². The van der Waals surface area contributed by atoms with Gasteiger partial charge in [-0.25, -0.2) is 22.2 Å². The van der Waals surface area contributed by atoms with Crippen molar-refractivity contribution in [1.29, 1.82) is 0 Å². The van der Waals surface area contributed by atoms with Crippen molar-refractivity contribution in [2.75, 3.05) is 20.2 Å². The third-order valence-electron chi connectivity index (χ3n) is 10.2. The van der Waals surface area contributed by atoms with Crippen molar-refractivity contribution in [3.8, 4) is 22.4 Å². The molecule has 0 bridgehead atoms. The van der Waals surface area contributed by atoms with Gasteiger partial charge in [-0.15, -0.1) is 0 Å². The molecule has 2 aromatic carbocycles. The Bertz CT molecular complexity index is 2460. The lowest BCUT2D eigenvalue weighted by Gasteiger charge is -2.31. The van der Waals surface area contributed by atoms with E-state index in [1.165, 1.54) is 3.97 Å². The van der Waals surface area contributed by atoms with Crippen LogP contribution in [0, 0.1) is 6.92 Å². The van der Waals surface area contributed by atoms with Gasteiger partial charge in [0.05, 0.1) is 35.0 Å². The van der Waals surface area contributed by atoms with Gasteiger partial charge in [0, 0.05) is 73.0 Å². The average molecular weight is 708 g/mol. The van der Waals surface area contributed by atoms with Gasteiger partial charge in [0.15, 0.2) is 5.65 Å². The number of hydrogen-bond donors (Lipinski definition) is 0. The fraction of sp³-hybridized carbons (Fsp3) is 0.368. The van der Waals surface area contributed by atoms with Crippen molar-refractivity contribution in [2.24, 2.45) is 7.05 Å². The molecular formula is C38H41N7O5S. The smallest absolute Gasteiger partial charge is 0.410 e. The molecule has 2 aliphatic heterocycles. The number of carbonyl (C=O) groups excluding carboxylic acids is 1. The van der Waals surface area contributed by atoms with E-state index in [4.69, 9.17) is 19.6 Å². The minimum atomic E-state index is -4.21. The van der Waals surface area contributed by atoms with Crippen LogP contribution < -0.4 is 0 Å². The Morgan fingerprint density at radius 2 is 1.78 bits per heavy atom. The highest BCUT2D eigenvalue weighted by atomic mass is 32.2. The number of benzene rings is 2. The fourth-order valence-corrected chi connectivity index (χ4v) is 9.38. The van der Waals surface area contributed by atoms with E-state index in [0.29, 0.717) is 29.6 Å². The summed E-state index contributed by atoms with van der Waals surface area (Å²) in [4.78, 5) is 20.1. The number of rotatable bonds is 6. The van der Waals surface area contributed by atoms with E-state index in [9.17, 15) is 4.79 Å². The zero-order chi connectivity index (χ0) is 35.9. The molecule has 8 rings (SSSR count). The molecule has 0 aliphatic carbocycles. The summed E-state index contributed by atoms with van der Waals surface area (Å²) < 4.78 is 47.5. The van der Waals surface area contributed by atoms with Crippen LogP contribution in [0.2, 0.25) is 0 Å². The quantitative estimate of drug-likeness (QED) is 0.194. The second kappa shape index (κ2) is 11.8. The summed E-state index contributed by atoms with van der Waals surface area (Å²) in [5.41, 5.74) is 4.88. The number of fused-ring (bicyclic) bond motifs is 3. The third-order valence-corrected chi connectivity index (χ3v) is 11.9. The Balaban J connectivity index is 1.50. The maximum atomic E-state index is 15.0. The van der Waals surface area contributed by atoms with Gasteiger partial charge >= 0.3 is 6.09 Å². The number of pyridine rings is 1. The number of aromatic nitrogens is 6. The van der Waals surface area contributed by atoms with E-state index >= 15 is 8.42 Å². The Morgan fingerprint density at radius 1 is 1.00 bits per heavy atom. The van der Waals surface area contributed by atoms with Crippen LogP contribution in [-0.4, -0.2) is 73.7 Å². The summed E-state index contributed by atoms with van der Waals surface area (Å²) in [6.45, 7) is 8.87. The Morgan fingerprint density at radius 3 is 2.53 bits per heavy atom. The van der Waals surface area contributed by atoms with Crippen LogP contribution in [0.15, 0.2) is 72.0 Å². The standard InChI is InChI=1S/C38H41N7O5S/c1-24-20-39-35-32(33(24)38(49-6)16-18-43(23-38)36(46)50-37(2,3)4)31(25-14-15-29-26(19-25)21-40-42(29)5)34(28-22-41-44-17-10-13-30(28)44)45(35)51(47,48)27-11-8-7-9-12-27/h7-9,11-12,14-15,19-22H,10,13,16-18,23H2,1-6H3. The molecule has 6 heterocycles. The number of hydrogen-bond acceptors (Lipinski definition) is 8. The van der Waals surface area contributed by atoms with E-state index in [1.807, 2.05) is 62.4 Å². The first-order chi connectivity index (χ1) is 24.3. The molecule has 1 amide bonds. The Labute approximate surface area is 296 Å². The van der Waals surface area contributed by atoms with E-state index in [-0.39, 0.29) is 17.1 Å². The van der Waals surface area contributed by atoms with Crippen molar-refractivity contribution < 1.29 is 22.7 Å². The largest absolute Gasteiger partial charge is 0.444 e. The molecule has 51 heavy (non-hydrogen) atoms. The third kappa shape index (κ3) is 5.24. The Kier molecular flexibility index (Phi) is 7.65. The van der Waals surface area contributed by atoms with Crippen molar-refractivity contribution in [3.63, 3.8) is 0 Å². The topological polar surface area (TPSA) is 126 Å². The summed E-state index contributed by atoms with van der Waals surface area (Å²) in [5.74, 6) is 0. The first-order valence-electron chi connectivity index (χ1n) is 17.2. The molecule has 0 N–H and O–H groups in total. The minimum Gasteiger partial charge on any atom is -0.444 e. The van der Waals surface area contributed by atoms with E-state index < -0.39 is 27.3 Å². The first kappa shape index (κ1) is 33.2. The summed E-state index contributed by atoms with van der Waals surface area (Å²) in [5, 5.41) is 10.8. The summed E-state index contributed by atoms with van der Waals surface area (Å²) in [7, 11) is -0.671. The van der Waals surface area contributed by atoms with Gasteiger partial charge in [-0.2, -0.15) is 10.2 Å². The normalized spacial score (nSPS) is 17.9. The molecule has 1 atom stereocenters. The fourth-order valence-electron chi connectivity index (χ4n) is 7.87. The molecule has 6 aromatic rings. The minimum absolute atomic E-state index is 0.142. The monoisotopic (exact) mass is 707 g/mol. The van der Waals surface area contributed by atoms with Gasteiger partial charge in [0.1, 0.15) is 11.2 Å². The maximum absolute atomic E-state index is 15.0. The number of methoxy groups -OCH3 is 1. The highest BCUT2D eigenvalue weighted by Gasteiger charge is 2.47. The summed E-state index contributed by atoms with van der Waals surface area (Å²) in [6.07, 6.45) is 7.03. The average Bonchev–Trinajstić information content (AvgIpc) is 3.93. The number of carbonyl (C=O) groups is 1. The highest BCUT2D eigenvalue weighted by Crippen LogP contribution is 2.50. The molecule has 1 fully saturated rings. The second-order valence-corrected chi connectivity index (χ2v) is 16.3. The van der Waals surface area contributed by atoms with Crippen LogP contribution in [0.5, 0.6) is 0 Å². The molecule has 4 aromatic heterocycles. The van der Waals surface area contributed by atoms with Crippen LogP contribution in [-0.2, 0) is 45.1 Å². The summed E-state index contributed by atoms with van der Waals surface area (Å²) in [6, 6.07) is 14.5. The van der Waals surface area contributed by atoms with Crippen molar-refractivity contribution in [3.05, 3.63) is 83.9 Å². The van der Waals surface area contributed by atoms with Crippen LogP contribution in [0.4, 0.5) is 4.79 Å². The van der Waals surface area contributed by atoms with Gasteiger partial charge in [-0.05, 0) is 75.9 Å². The number of ether oxygens (including phenoxy) is 2. The molecule has 0 radical (unpaired) electrons. The van der Waals surface area contributed by atoms with Crippen molar-refractivity contribution in [1.82, 2.24) is 33.4 Å². The predicted molar refractivity (Wildman–Crippen MR) is 194 cm³/mol. The van der Waals surface area contributed by atoms with Crippen LogP contribution >= 0.6 is 0 Å².